The minimum Gasteiger partial charge on any atom is -0.447 e. The molecule has 2 aromatic heterocycles. The minimum atomic E-state index is -0.340. The summed E-state index contributed by atoms with van der Waals surface area (Å²) in [6.07, 6.45) is 7.03. The number of aromatic nitrogens is 2. The molecule has 0 unspecified atom stereocenters. The van der Waals surface area contributed by atoms with Crippen LogP contribution in [0.25, 0.3) is 16.7 Å². The van der Waals surface area contributed by atoms with Gasteiger partial charge in [-0.25, -0.2) is 9.37 Å². The zero-order valence-corrected chi connectivity index (χ0v) is 11.6. The van der Waals surface area contributed by atoms with Crippen LogP contribution in [-0.2, 0) is 0 Å². The first kappa shape index (κ1) is 12.4. The van der Waals surface area contributed by atoms with Crippen LogP contribution >= 0.6 is 24.0 Å². The van der Waals surface area contributed by atoms with E-state index in [4.69, 9.17) is 16.6 Å². The normalized spacial score (nSPS) is 11.1. The molecule has 3 aromatic rings. The number of hydrogen-bond acceptors (Lipinski definition) is 4. The van der Waals surface area contributed by atoms with Crippen molar-refractivity contribution in [2.45, 2.75) is 5.09 Å². The highest BCUT2D eigenvalue weighted by Crippen LogP contribution is 2.31. The van der Waals surface area contributed by atoms with Crippen molar-refractivity contribution in [3.63, 3.8) is 0 Å². The monoisotopic (exact) mass is 292 g/mol. The van der Waals surface area contributed by atoms with E-state index in [0.717, 1.165) is 11.1 Å². The first-order valence-corrected chi connectivity index (χ1v) is 7.12. The Labute approximate surface area is 118 Å². The Kier molecular flexibility index (Phi) is 3.12. The fourth-order valence-corrected chi connectivity index (χ4v) is 2.89. The molecule has 0 aliphatic carbocycles. The van der Waals surface area contributed by atoms with Gasteiger partial charge in [-0.15, -0.1) is 0 Å². The van der Waals surface area contributed by atoms with Gasteiger partial charge < -0.3 is 8.98 Å². The molecule has 0 fully saturated rings. The molecule has 1 aromatic carbocycles. The van der Waals surface area contributed by atoms with Gasteiger partial charge >= 0.3 is 0 Å². The highest BCUT2D eigenvalue weighted by atomic mass is 32.2. The first-order valence-electron chi connectivity index (χ1n) is 5.49. The van der Waals surface area contributed by atoms with Crippen LogP contribution in [0, 0.1) is 10.3 Å². The maximum Gasteiger partial charge on any atom is 0.186 e. The third-order valence-electron chi connectivity index (χ3n) is 2.75. The molecule has 0 saturated heterocycles. The Morgan fingerprint density at radius 3 is 2.95 bits per heavy atom. The van der Waals surface area contributed by atoms with Crippen LogP contribution in [0.1, 0.15) is 0 Å². The second kappa shape index (κ2) is 4.79. The van der Waals surface area contributed by atoms with Crippen LogP contribution in [0.15, 0.2) is 46.4 Å². The number of nitrogens with zero attached hydrogens (tertiary/aromatic N) is 2. The van der Waals surface area contributed by atoms with Gasteiger partial charge in [-0.05, 0) is 18.4 Å². The van der Waals surface area contributed by atoms with E-state index >= 15 is 0 Å². The third kappa shape index (κ3) is 2.06. The van der Waals surface area contributed by atoms with Gasteiger partial charge in [0.05, 0.1) is 10.8 Å². The van der Waals surface area contributed by atoms with Crippen molar-refractivity contribution < 1.29 is 8.81 Å². The largest absolute Gasteiger partial charge is 0.447 e. The van der Waals surface area contributed by atoms with E-state index in [2.05, 4.69) is 4.98 Å². The maximum absolute atomic E-state index is 13.3. The van der Waals surface area contributed by atoms with Crippen molar-refractivity contribution in [3.05, 3.63) is 47.2 Å². The molecule has 0 saturated carbocycles. The molecular formula is C13H9FN2OS2. The van der Waals surface area contributed by atoms with Crippen LogP contribution in [0.4, 0.5) is 4.39 Å². The summed E-state index contributed by atoms with van der Waals surface area (Å²) >= 11 is 6.92. The van der Waals surface area contributed by atoms with E-state index in [1.54, 1.807) is 29.4 Å². The average molecular weight is 292 g/mol. The summed E-state index contributed by atoms with van der Waals surface area (Å²) in [5, 5.41) is 1.36. The zero-order chi connectivity index (χ0) is 13.4. The van der Waals surface area contributed by atoms with Crippen molar-refractivity contribution >= 4 is 34.9 Å². The molecule has 6 heteroatoms. The average Bonchev–Trinajstić information content (AvgIpc) is 2.91. The molecule has 0 atom stereocenters. The summed E-state index contributed by atoms with van der Waals surface area (Å²) in [5.74, 6) is -0.340. The van der Waals surface area contributed by atoms with Crippen molar-refractivity contribution in [2.75, 3.05) is 6.26 Å². The Bertz CT molecular complexity index is 796. The molecule has 0 aliphatic rings. The number of thioether (sulfide) groups is 1. The smallest absolute Gasteiger partial charge is 0.186 e. The van der Waals surface area contributed by atoms with Crippen LogP contribution in [0.5, 0.6) is 0 Å². The van der Waals surface area contributed by atoms with E-state index in [-0.39, 0.29) is 5.82 Å². The quantitative estimate of drug-likeness (QED) is 0.523. The number of rotatable bonds is 2. The van der Waals surface area contributed by atoms with Crippen molar-refractivity contribution in [3.8, 4) is 5.69 Å². The van der Waals surface area contributed by atoms with E-state index in [1.807, 2.05) is 6.26 Å². The summed E-state index contributed by atoms with van der Waals surface area (Å²) in [4.78, 5) is 4.01. The molecule has 0 amide bonds. The van der Waals surface area contributed by atoms with Gasteiger partial charge in [0.15, 0.2) is 5.09 Å². The maximum atomic E-state index is 13.3. The fourth-order valence-electron chi connectivity index (χ4n) is 1.89. The van der Waals surface area contributed by atoms with E-state index in [0.29, 0.717) is 15.2 Å². The lowest BCUT2D eigenvalue weighted by Crippen LogP contribution is -1.95. The Hall–Kier alpha value is -1.66. The van der Waals surface area contributed by atoms with Crippen molar-refractivity contribution in [1.82, 2.24) is 9.55 Å². The molecular weight excluding hydrogens is 283 g/mol. The standard InChI is InChI=1S/C13H9FN2OS2/c1-19-13-11(16-5-4-15-7-16)12(18)9-3-2-8(14)6-10(9)17-13/h2-7H,1H3. The number of halogens is 1. The van der Waals surface area contributed by atoms with Gasteiger partial charge in [0.25, 0.3) is 0 Å². The zero-order valence-electron chi connectivity index (χ0n) is 9.96. The molecule has 3 nitrogen and oxygen atoms in total. The molecule has 0 bridgehead atoms. The van der Waals surface area contributed by atoms with Gasteiger partial charge in [-0.2, -0.15) is 0 Å². The first-order chi connectivity index (χ1) is 9.20. The Balaban J connectivity index is 2.42. The highest BCUT2D eigenvalue weighted by molar-refractivity contribution is 7.98. The van der Waals surface area contributed by atoms with E-state index < -0.39 is 0 Å². The predicted molar refractivity (Wildman–Crippen MR) is 75.9 cm³/mol. The van der Waals surface area contributed by atoms with Crippen LogP contribution in [0.2, 0.25) is 0 Å². The van der Waals surface area contributed by atoms with Gasteiger partial charge in [-0.1, -0.05) is 24.0 Å². The molecule has 19 heavy (non-hydrogen) atoms. The third-order valence-corrected chi connectivity index (χ3v) is 3.81. The highest BCUT2D eigenvalue weighted by Gasteiger charge is 2.13. The summed E-state index contributed by atoms with van der Waals surface area (Å²) in [6, 6.07) is 4.37. The van der Waals surface area contributed by atoms with Crippen molar-refractivity contribution in [2.24, 2.45) is 0 Å². The van der Waals surface area contributed by atoms with Gasteiger partial charge in [0.1, 0.15) is 17.1 Å². The number of imidazole rings is 1. The lowest BCUT2D eigenvalue weighted by atomic mass is 10.2. The second-order valence-electron chi connectivity index (χ2n) is 3.88. The molecule has 96 valence electrons. The Morgan fingerprint density at radius 1 is 1.42 bits per heavy atom. The van der Waals surface area contributed by atoms with E-state index in [1.165, 1.54) is 23.9 Å². The summed E-state index contributed by atoms with van der Waals surface area (Å²) < 4.78 is 21.4. The van der Waals surface area contributed by atoms with Crippen LogP contribution in [-0.4, -0.2) is 15.8 Å². The molecule has 0 spiro atoms. The molecule has 0 radical (unpaired) electrons. The SMILES string of the molecule is CSc1oc2cc(F)ccc2c(=S)c1-n1ccnc1. The topological polar surface area (TPSA) is 31.0 Å². The molecule has 3 rings (SSSR count). The summed E-state index contributed by atoms with van der Waals surface area (Å²) in [7, 11) is 0. The van der Waals surface area contributed by atoms with Crippen LogP contribution < -0.4 is 0 Å². The van der Waals surface area contributed by atoms with Gasteiger partial charge in [0.2, 0.25) is 0 Å². The van der Waals surface area contributed by atoms with Gasteiger partial charge in [-0.3, -0.25) is 0 Å². The van der Waals surface area contributed by atoms with E-state index in [9.17, 15) is 4.39 Å². The predicted octanol–water partition coefficient (Wildman–Crippen LogP) is 4.21. The molecule has 0 N–H and O–H groups in total. The number of fused-ring (bicyclic) bond motifs is 1. The summed E-state index contributed by atoms with van der Waals surface area (Å²) in [6.45, 7) is 0. The van der Waals surface area contributed by atoms with Crippen LogP contribution in [0.3, 0.4) is 0 Å². The Morgan fingerprint density at radius 2 is 2.26 bits per heavy atom. The second-order valence-corrected chi connectivity index (χ2v) is 5.07. The fraction of sp³-hybridized carbons (Fsp3) is 0.0769. The number of benzene rings is 1. The lowest BCUT2D eigenvalue weighted by molar-refractivity contribution is 0.492. The minimum absolute atomic E-state index is 0.340. The van der Waals surface area contributed by atoms with Gasteiger partial charge in [0, 0.05) is 23.8 Å². The summed E-state index contributed by atoms with van der Waals surface area (Å²) in [5.41, 5.74) is 1.22. The molecule has 2 heterocycles. The van der Waals surface area contributed by atoms with Crippen molar-refractivity contribution in [1.29, 1.82) is 0 Å². The molecule has 0 aliphatic heterocycles. The lowest BCUT2D eigenvalue weighted by Gasteiger charge is -2.09. The number of hydrogen-bond donors (Lipinski definition) is 0.